The second-order valence-corrected chi connectivity index (χ2v) is 7.25. The number of imide groups is 1. The maximum atomic E-state index is 11.9. The molecule has 0 aliphatic carbocycles. The molecule has 2 amide bonds. The highest BCUT2D eigenvalue weighted by Crippen LogP contribution is 2.48. The van der Waals surface area contributed by atoms with Crippen LogP contribution in [0.1, 0.15) is 34.6 Å². The van der Waals surface area contributed by atoms with E-state index in [2.05, 4.69) is 5.32 Å². The molecule has 7 heteroatoms. The molecule has 19 heavy (non-hydrogen) atoms. The zero-order valence-electron chi connectivity index (χ0n) is 10.6. The van der Waals surface area contributed by atoms with Crippen LogP contribution in [-0.4, -0.2) is 25.0 Å². The Morgan fingerprint density at radius 3 is 2.37 bits per heavy atom. The van der Waals surface area contributed by atoms with Gasteiger partial charge in [-0.05, 0) is 37.8 Å². The molecule has 0 bridgehead atoms. The van der Waals surface area contributed by atoms with Crippen LogP contribution in [0.25, 0.3) is 0 Å². The molecular weight excluding hydrogens is 285 g/mol. The highest BCUT2D eigenvalue weighted by molar-refractivity contribution is 8.13. The molecule has 5 nitrogen and oxygen atoms in total. The summed E-state index contributed by atoms with van der Waals surface area (Å²) in [5.41, 5.74) is 0.619. The van der Waals surface area contributed by atoms with Gasteiger partial charge in [0, 0.05) is 5.30 Å². The first-order valence-corrected chi connectivity index (χ1v) is 8.55. The van der Waals surface area contributed by atoms with Gasteiger partial charge in [0.05, 0.1) is 24.3 Å². The first-order valence-electron chi connectivity index (χ1n) is 5.92. The van der Waals surface area contributed by atoms with Crippen molar-refractivity contribution in [2.75, 3.05) is 13.2 Å². The fourth-order valence-electron chi connectivity index (χ4n) is 1.95. The predicted octanol–water partition coefficient (Wildman–Crippen LogP) is 1.58. The van der Waals surface area contributed by atoms with Crippen molar-refractivity contribution in [2.24, 2.45) is 0 Å². The summed E-state index contributed by atoms with van der Waals surface area (Å²) in [4.78, 5) is 23.5. The largest absolute Gasteiger partial charge is 0.326 e. The molecular formula is C12H14NO4PS. The minimum absolute atomic E-state index is 0.290. The van der Waals surface area contributed by atoms with Gasteiger partial charge in [-0.2, -0.15) is 0 Å². The van der Waals surface area contributed by atoms with E-state index in [1.165, 1.54) is 0 Å². The third-order valence-electron chi connectivity index (χ3n) is 2.63. The second kappa shape index (κ2) is 5.51. The number of hydrogen-bond donors (Lipinski definition) is 1. The molecule has 0 atom stereocenters. The van der Waals surface area contributed by atoms with Crippen LogP contribution in [0, 0.1) is 0 Å². The van der Waals surface area contributed by atoms with Gasteiger partial charge in [0.25, 0.3) is 11.8 Å². The highest BCUT2D eigenvalue weighted by Gasteiger charge is 2.35. The van der Waals surface area contributed by atoms with Crippen LogP contribution in [0.3, 0.4) is 0 Å². The van der Waals surface area contributed by atoms with Crippen molar-refractivity contribution in [3.63, 3.8) is 0 Å². The topological polar surface area (TPSA) is 64.6 Å². The van der Waals surface area contributed by atoms with E-state index < -0.39 is 18.3 Å². The van der Waals surface area contributed by atoms with E-state index >= 15 is 0 Å². The molecule has 0 spiro atoms. The zero-order chi connectivity index (χ0) is 14.0. The molecule has 0 aromatic heterocycles. The summed E-state index contributed by atoms with van der Waals surface area (Å²) in [5.74, 6) is -0.847. The van der Waals surface area contributed by atoms with Crippen molar-refractivity contribution in [1.82, 2.24) is 5.32 Å². The second-order valence-electron chi connectivity index (χ2n) is 3.82. The molecule has 0 radical (unpaired) electrons. The number of carbonyl (C=O) groups is 2. The summed E-state index contributed by atoms with van der Waals surface area (Å²) in [5, 5.41) is 2.77. The number of rotatable bonds is 5. The fourth-order valence-corrected chi connectivity index (χ4v) is 4.83. The third kappa shape index (κ3) is 2.49. The van der Waals surface area contributed by atoms with E-state index in [-0.39, 0.29) is 5.56 Å². The molecule has 0 fully saturated rings. The Kier molecular flexibility index (Phi) is 4.16. The maximum Gasteiger partial charge on any atom is 0.259 e. The summed E-state index contributed by atoms with van der Waals surface area (Å²) in [6.45, 7) is 1.64. The summed E-state index contributed by atoms with van der Waals surface area (Å²) in [6, 6.07) is 4.98. The van der Waals surface area contributed by atoms with Crippen molar-refractivity contribution in [1.29, 1.82) is 0 Å². The Balaban J connectivity index is 2.60. The van der Waals surface area contributed by atoms with E-state index in [0.717, 1.165) is 0 Å². The average molecular weight is 299 g/mol. The van der Waals surface area contributed by atoms with Crippen LogP contribution in [0.4, 0.5) is 0 Å². The number of benzene rings is 1. The van der Waals surface area contributed by atoms with Crippen LogP contribution < -0.4 is 10.6 Å². The van der Waals surface area contributed by atoms with Crippen LogP contribution in [0.15, 0.2) is 18.2 Å². The van der Waals surface area contributed by atoms with Crippen molar-refractivity contribution < 1.29 is 18.6 Å². The molecule has 1 aliphatic rings. The van der Waals surface area contributed by atoms with Crippen molar-refractivity contribution in [3.05, 3.63) is 29.3 Å². The number of nitrogens with one attached hydrogen (secondary N) is 1. The smallest absolute Gasteiger partial charge is 0.259 e. The lowest BCUT2D eigenvalue weighted by atomic mass is 10.1. The summed E-state index contributed by atoms with van der Waals surface area (Å²) in [6.07, 6.45) is 0. The van der Waals surface area contributed by atoms with Crippen LogP contribution in [-0.2, 0) is 20.9 Å². The van der Waals surface area contributed by atoms with Gasteiger partial charge in [0.1, 0.15) is 0 Å². The molecule has 102 valence electrons. The van der Waals surface area contributed by atoms with Gasteiger partial charge < -0.3 is 9.05 Å². The van der Waals surface area contributed by atoms with Gasteiger partial charge in [0.2, 0.25) is 6.49 Å². The Morgan fingerprint density at radius 2 is 1.79 bits per heavy atom. The monoisotopic (exact) mass is 299 g/mol. The summed E-state index contributed by atoms with van der Waals surface area (Å²) < 4.78 is 11.2. The minimum atomic E-state index is -2.76. The van der Waals surface area contributed by atoms with Crippen molar-refractivity contribution in [3.8, 4) is 0 Å². The number of carbonyl (C=O) groups excluding carboxylic acids is 2. The third-order valence-corrected chi connectivity index (χ3v) is 6.02. The summed E-state index contributed by atoms with van der Waals surface area (Å²) >= 11 is 5.47. The maximum absolute atomic E-state index is 11.9. The van der Waals surface area contributed by atoms with Crippen LogP contribution in [0.2, 0.25) is 0 Å². The Morgan fingerprint density at radius 1 is 1.16 bits per heavy atom. The first kappa shape index (κ1) is 14.3. The van der Waals surface area contributed by atoms with E-state index in [4.69, 9.17) is 20.9 Å². The van der Waals surface area contributed by atoms with Crippen molar-refractivity contribution >= 4 is 35.4 Å². The van der Waals surface area contributed by atoms with Crippen LogP contribution in [0.5, 0.6) is 0 Å². The normalized spacial score (nSPS) is 14.4. The molecule has 0 saturated carbocycles. The fraction of sp³-hybridized carbons (Fsp3) is 0.333. The standard InChI is InChI=1S/C12H14NO4PS/c1-3-16-18(19,17-4-2)9-7-5-6-8-10(9)12(15)13-11(8)14/h5-7H,3-4H2,1-2H3,(H,13,14,15). The Bertz CT molecular complexity index is 577. The quantitative estimate of drug-likeness (QED) is 0.660. The highest BCUT2D eigenvalue weighted by atomic mass is 32.5. The van der Waals surface area contributed by atoms with Gasteiger partial charge in [0.15, 0.2) is 0 Å². The van der Waals surface area contributed by atoms with Gasteiger partial charge in [-0.25, -0.2) is 0 Å². The average Bonchev–Trinajstić information content (AvgIpc) is 2.66. The van der Waals surface area contributed by atoms with E-state index in [1.54, 1.807) is 18.2 Å². The Labute approximate surface area is 116 Å². The molecule has 1 aromatic rings. The van der Waals surface area contributed by atoms with E-state index in [0.29, 0.717) is 24.1 Å². The summed E-state index contributed by atoms with van der Waals surface area (Å²) in [7, 11) is 0. The molecule has 0 saturated heterocycles. The number of amides is 2. The van der Waals surface area contributed by atoms with Gasteiger partial charge in [-0.3, -0.25) is 14.9 Å². The first-order chi connectivity index (χ1) is 9.03. The number of fused-ring (bicyclic) bond motifs is 1. The lowest BCUT2D eigenvalue weighted by molar-refractivity contribution is 0.0880. The molecule has 2 rings (SSSR count). The van der Waals surface area contributed by atoms with Gasteiger partial charge in [-0.15, -0.1) is 0 Å². The van der Waals surface area contributed by atoms with Gasteiger partial charge in [-0.1, -0.05) is 6.07 Å². The molecule has 1 aliphatic heterocycles. The molecule has 1 N–H and O–H groups in total. The predicted molar refractivity (Wildman–Crippen MR) is 75.4 cm³/mol. The minimum Gasteiger partial charge on any atom is -0.326 e. The van der Waals surface area contributed by atoms with E-state index in [1.807, 2.05) is 13.8 Å². The zero-order valence-corrected chi connectivity index (χ0v) is 12.3. The Hall–Kier alpha value is -1.07. The van der Waals surface area contributed by atoms with Crippen LogP contribution >= 0.6 is 6.49 Å². The SMILES string of the molecule is CCOP(=S)(OCC)c1cccc2c1C(=O)NC2=O. The lowest BCUT2D eigenvalue weighted by Gasteiger charge is -2.22. The molecule has 1 aromatic carbocycles. The lowest BCUT2D eigenvalue weighted by Crippen LogP contribution is -2.23. The van der Waals surface area contributed by atoms with E-state index in [9.17, 15) is 9.59 Å². The molecule has 1 heterocycles. The van der Waals surface area contributed by atoms with Crippen molar-refractivity contribution in [2.45, 2.75) is 13.8 Å². The number of hydrogen-bond acceptors (Lipinski definition) is 5. The molecule has 0 unspecified atom stereocenters. The van der Waals surface area contributed by atoms with Gasteiger partial charge >= 0.3 is 0 Å².